The van der Waals surface area contributed by atoms with Crippen molar-refractivity contribution >= 4 is 11.6 Å². The first-order chi connectivity index (χ1) is 10.3. The number of nitrogens with one attached hydrogen (secondary N) is 1. The molecule has 2 heterocycles. The van der Waals surface area contributed by atoms with Gasteiger partial charge in [-0.05, 0) is 25.2 Å². The van der Waals surface area contributed by atoms with Crippen molar-refractivity contribution in [3.05, 3.63) is 11.9 Å². The van der Waals surface area contributed by atoms with E-state index in [4.69, 9.17) is 5.84 Å². The summed E-state index contributed by atoms with van der Waals surface area (Å²) >= 11 is 0. The van der Waals surface area contributed by atoms with Gasteiger partial charge < -0.3 is 10.3 Å². The second kappa shape index (κ2) is 6.58. The zero-order chi connectivity index (χ0) is 14.7. The number of anilines is 2. The average molecular weight is 290 g/mol. The van der Waals surface area contributed by atoms with Crippen LogP contribution in [0, 0.1) is 5.92 Å². The van der Waals surface area contributed by atoms with E-state index in [9.17, 15) is 0 Å². The second-order valence-electron chi connectivity index (χ2n) is 6.15. The fourth-order valence-electron chi connectivity index (χ4n) is 3.09. The lowest BCUT2D eigenvalue weighted by atomic mass is 10.1. The van der Waals surface area contributed by atoms with Crippen LogP contribution in [-0.2, 0) is 6.42 Å². The van der Waals surface area contributed by atoms with E-state index < -0.39 is 0 Å². The molecule has 21 heavy (non-hydrogen) atoms. The third-order valence-corrected chi connectivity index (χ3v) is 4.44. The maximum atomic E-state index is 5.60. The van der Waals surface area contributed by atoms with Gasteiger partial charge >= 0.3 is 0 Å². The van der Waals surface area contributed by atoms with Gasteiger partial charge in [0.2, 0.25) is 0 Å². The Hall–Kier alpha value is -1.40. The molecule has 1 saturated heterocycles. The SMILES string of the molecule is CCCc1c(NN)ncnc1N1CCN(CC2CC2)CC1. The number of aromatic nitrogens is 2. The van der Waals surface area contributed by atoms with Crippen molar-refractivity contribution in [2.24, 2.45) is 11.8 Å². The highest BCUT2D eigenvalue weighted by atomic mass is 15.3. The summed E-state index contributed by atoms with van der Waals surface area (Å²) in [5, 5.41) is 0. The molecule has 0 atom stereocenters. The first-order valence-electron chi connectivity index (χ1n) is 8.09. The van der Waals surface area contributed by atoms with Crippen molar-refractivity contribution in [2.45, 2.75) is 32.6 Å². The summed E-state index contributed by atoms with van der Waals surface area (Å²) in [6.45, 7) is 7.82. The Morgan fingerprint density at radius 3 is 2.62 bits per heavy atom. The maximum absolute atomic E-state index is 5.60. The molecule has 1 aliphatic carbocycles. The van der Waals surface area contributed by atoms with Crippen molar-refractivity contribution in [1.82, 2.24) is 14.9 Å². The Morgan fingerprint density at radius 2 is 2.00 bits per heavy atom. The minimum absolute atomic E-state index is 0.766. The zero-order valence-electron chi connectivity index (χ0n) is 12.9. The van der Waals surface area contributed by atoms with E-state index in [-0.39, 0.29) is 0 Å². The van der Waals surface area contributed by atoms with Crippen LogP contribution < -0.4 is 16.2 Å². The summed E-state index contributed by atoms with van der Waals surface area (Å²) in [5.41, 5.74) is 3.87. The van der Waals surface area contributed by atoms with Crippen LogP contribution in [0.4, 0.5) is 11.6 Å². The number of nitrogens with two attached hydrogens (primary N) is 1. The van der Waals surface area contributed by atoms with Gasteiger partial charge in [0, 0.05) is 38.3 Å². The van der Waals surface area contributed by atoms with Gasteiger partial charge in [0.15, 0.2) is 0 Å². The molecule has 0 unspecified atom stereocenters. The lowest BCUT2D eigenvalue weighted by Gasteiger charge is -2.36. The molecule has 0 aromatic carbocycles. The molecule has 2 aliphatic rings. The van der Waals surface area contributed by atoms with Gasteiger partial charge in [0.05, 0.1) is 0 Å². The highest BCUT2D eigenvalue weighted by Crippen LogP contribution is 2.30. The highest BCUT2D eigenvalue weighted by molar-refractivity contribution is 5.58. The largest absolute Gasteiger partial charge is 0.354 e. The van der Waals surface area contributed by atoms with E-state index in [1.165, 1.54) is 19.4 Å². The number of rotatable bonds is 6. The molecule has 0 radical (unpaired) electrons. The van der Waals surface area contributed by atoms with Crippen LogP contribution in [0.25, 0.3) is 0 Å². The van der Waals surface area contributed by atoms with E-state index in [1.54, 1.807) is 6.33 Å². The molecule has 3 rings (SSSR count). The van der Waals surface area contributed by atoms with Crippen LogP contribution in [0.15, 0.2) is 6.33 Å². The van der Waals surface area contributed by atoms with Gasteiger partial charge in [-0.1, -0.05) is 13.3 Å². The van der Waals surface area contributed by atoms with Gasteiger partial charge in [-0.25, -0.2) is 15.8 Å². The van der Waals surface area contributed by atoms with Crippen LogP contribution in [0.5, 0.6) is 0 Å². The average Bonchev–Trinajstić information content (AvgIpc) is 3.33. The number of piperazine rings is 1. The topological polar surface area (TPSA) is 70.3 Å². The normalized spacial score (nSPS) is 19.8. The second-order valence-corrected chi connectivity index (χ2v) is 6.15. The minimum atomic E-state index is 0.766. The van der Waals surface area contributed by atoms with Crippen molar-refractivity contribution in [2.75, 3.05) is 43.0 Å². The molecule has 3 N–H and O–H groups in total. The van der Waals surface area contributed by atoms with Crippen LogP contribution in [0.1, 0.15) is 31.7 Å². The van der Waals surface area contributed by atoms with Crippen molar-refractivity contribution in [3.8, 4) is 0 Å². The summed E-state index contributed by atoms with van der Waals surface area (Å²) in [6, 6.07) is 0. The van der Waals surface area contributed by atoms with Gasteiger partial charge in [0.1, 0.15) is 18.0 Å². The van der Waals surface area contributed by atoms with E-state index in [1.807, 2.05) is 0 Å². The first-order valence-corrected chi connectivity index (χ1v) is 8.09. The molecule has 0 spiro atoms. The third kappa shape index (κ3) is 3.44. The molecule has 6 heteroatoms. The number of nitrogen functional groups attached to an aromatic ring is 1. The van der Waals surface area contributed by atoms with Gasteiger partial charge in [0.25, 0.3) is 0 Å². The molecular formula is C15H26N6. The first kappa shape index (κ1) is 14.5. The number of hydrogen-bond acceptors (Lipinski definition) is 6. The minimum Gasteiger partial charge on any atom is -0.354 e. The Balaban J connectivity index is 1.68. The molecule has 1 aromatic rings. The molecule has 2 fully saturated rings. The van der Waals surface area contributed by atoms with E-state index in [0.29, 0.717) is 0 Å². The Bertz CT molecular complexity index is 465. The Labute approximate surface area is 126 Å². The summed E-state index contributed by atoms with van der Waals surface area (Å²) in [4.78, 5) is 13.8. The van der Waals surface area contributed by atoms with Crippen molar-refractivity contribution in [1.29, 1.82) is 0 Å². The van der Waals surface area contributed by atoms with Gasteiger partial charge in [-0.3, -0.25) is 4.90 Å². The number of hydrogen-bond donors (Lipinski definition) is 2. The van der Waals surface area contributed by atoms with Gasteiger partial charge in [-0.15, -0.1) is 0 Å². The lowest BCUT2D eigenvalue weighted by Crippen LogP contribution is -2.47. The monoisotopic (exact) mass is 290 g/mol. The summed E-state index contributed by atoms with van der Waals surface area (Å²) in [7, 11) is 0. The fourth-order valence-corrected chi connectivity index (χ4v) is 3.09. The number of nitrogens with zero attached hydrogens (tertiary/aromatic N) is 4. The smallest absolute Gasteiger partial charge is 0.148 e. The molecule has 6 nitrogen and oxygen atoms in total. The van der Waals surface area contributed by atoms with Crippen LogP contribution in [0.3, 0.4) is 0 Å². The fraction of sp³-hybridized carbons (Fsp3) is 0.733. The Kier molecular flexibility index (Phi) is 4.55. The highest BCUT2D eigenvalue weighted by Gasteiger charge is 2.27. The maximum Gasteiger partial charge on any atom is 0.148 e. The van der Waals surface area contributed by atoms with Gasteiger partial charge in [-0.2, -0.15) is 0 Å². The molecule has 1 aliphatic heterocycles. The third-order valence-electron chi connectivity index (χ3n) is 4.44. The van der Waals surface area contributed by atoms with E-state index in [2.05, 4.69) is 32.1 Å². The lowest BCUT2D eigenvalue weighted by molar-refractivity contribution is 0.247. The molecule has 0 bridgehead atoms. The van der Waals surface area contributed by atoms with E-state index >= 15 is 0 Å². The van der Waals surface area contributed by atoms with Crippen LogP contribution in [0.2, 0.25) is 0 Å². The van der Waals surface area contributed by atoms with Crippen LogP contribution >= 0.6 is 0 Å². The van der Waals surface area contributed by atoms with Crippen molar-refractivity contribution in [3.63, 3.8) is 0 Å². The molecule has 0 amide bonds. The summed E-state index contributed by atoms with van der Waals surface area (Å²) in [6.07, 6.45) is 6.49. The molecular weight excluding hydrogens is 264 g/mol. The summed E-state index contributed by atoms with van der Waals surface area (Å²) in [5.74, 6) is 8.39. The zero-order valence-corrected chi connectivity index (χ0v) is 12.9. The molecule has 1 saturated carbocycles. The standard InChI is InChI=1S/C15H26N6/c1-2-3-13-14(19-16)17-11-18-15(13)21-8-6-20(7-9-21)10-12-4-5-12/h11-12H,2-10,16H2,1H3,(H,17,18,19). The quantitative estimate of drug-likeness (QED) is 0.607. The summed E-state index contributed by atoms with van der Waals surface area (Å²) < 4.78 is 0. The van der Waals surface area contributed by atoms with Crippen molar-refractivity contribution < 1.29 is 0 Å². The Morgan fingerprint density at radius 1 is 1.24 bits per heavy atom. The van der Waals surface area contributed by atoms with E-state index in [0.717, 1.165) is 62.1 Å². The predicted molar refractivity (Wildman–Crippen MR) is 85.2 cm³/mol. The van der Waals surface area contributed by atoms with Crippen LogP contribution in [-0.4, -0.2) is 47.6 Å². The molecule has 1 aromatic heterocycles. The number of hydrazine groups is 1. The molecule has 116 valence electrons. The predicted octanol–water partition coefficient (Wildman–Crippen LogP) is 1.25.